The van der Waals surface area contributed by atoms with Gasteiger partial charge in [0.05, 0.1) is 6.61 Å². The fraction of sp³-hybridized carbons (Fsp3) is 0.538. The molecule has 0 amide bonds. The maximum Gasteiger partial charge on any atom is 0.421 e. The Morgan fingerprint density at radius 3 is 3.16 bits per heavy atom. The van der Waals surface area contributed by atoms with Crippen LogP contribution in [0.25, 0.3) is 11.2 Å². The Morgan fingerprint density at radius 1 is 1.42 bits per heavy atom. The van der Waals surface area contributed by atoms with Crippen LogP contribution in [-0.4, -0.2) is 36.4 Å². The number of fused-ring (bicyclic) bond motifs is 1. The summed E-state index contributed by atoms with van der Waals surface area (Å²) in [5.74, 6) is -0.332. The van der Waals surface area contributed by atoms with Gasteiger partial charge in [0.1, 0.15) is 0 Å². The van der Waals surface area contributed by atoms with Crippen LogP contribution in [0.5, 0.6) is 0 Å². The Kier molecular flexibility index (Phi) is 5.11. The zero-order valence-electron chi connectivity index (χ0n) is 11.1. The number of aryl methyl sites for hydroxylation is 1. The van der Waals surface area contributed by atoms with Crippen molar-refractivity contribution < 1.29 is 9.15 Å². The lowest BCUT2D eigenvalue weighted by Gasteiger charge is -2.04. The molecule has 0 aromatic carbocycles. The molecule has 0 bridgehead atoms. The molecule has 6 heteroatoms. The summed E-state index contributed by atoms with van der Waals surface area (Å²) in [6.07, 6.45) is 3.57. The summed E-state index contributed by atoms with van der Waals surface area (Å²) in [4.78, 5) is 15.8. The number of rotatable bonds is 8. The maximum absolute atomic E-state index is 11.7. The van der Waals surface area contributed by atoms with Gasteiger partial charge in [-0.25, -0.2) is 9.78 Å². The van der Waals surface area contributed by atoms with E-state index in [-0.39, 0.29) is 5.76 Å². The summed E-state index contributed by atoms with van der Waals surface area (Å²) in [5, 5.41) is 3.27. The van der Waals surface area contributed by atoms with Crippen LogP contribution < -0.4 is 11.1 Å². The van der Waals surface area contributed by atoms with E-state index in [0.717, 1.165) is 32.5 Å². The van der Waals surface area contributed by atoms with Crippen molar-refractivity contribution in [2.24, 2.45) is 0 Å². The van der Waals surface area contributed by atoms with E-state index in [1.807, 2.05) is 0 Å². The topological polar surface area (TPSA) is 69.3 Å². The van der Waals surface area contributed by atoms with Gasteiger partial charge in [0, 0.05) is 26.4 Å². The molecule has 0 saturated carbocycles. The predicted octanol–water partition coefficient (Wildman–Crippen LogP) is 1.01. The summed E-state index contributed by atoms with van der Waals surface area (Å²) in [7, 11) is 1.69. The van der Waals surface area contributed by atoms with Gasteiger partial charge in [-0.2, -0.15) is 0 Å². The standard InChI is InChI=1S/C13H19N3O3/c1-18-10-8-14-6-2-3-9-16-12-11(19-13(16)17)5-4-7-15-12/h4-5,7,14H,2-3,6,8-10H2,1H3. The van der Waals surface area contributed by atoms with Crippen LogP contribution in [0.2, 0.25) is 0 Å². The van der Waals surface area contributed by atoms with Gasteiger partial charge in [0.25, 0.3) is 0 Å². The third-order valence-electron chi connectivity index (χ3n) is 2.89. The van der Waals surface area contributed by atoms with Crippen LogP contribution >= 0.6 is 0 Å². The van der Waals surface area contributed by atoms with Crippen molar-refractivity contribution >= 4 is 11.2 Å². The molecule has 2 aromatic rings. The number of ether oxygens (including phenoxy) is 1. The molecule has 0 aliphatic rings. The second-order valence-electron chi connectivity index (χ2n) is 4.29. The highest BCUT2D eigenvalue weighted by atomic mass is 16.5. The third kappa shape index (κ3) is 3.65. The number of aromatic nitrogens is 2. The largest absolute Gasteiger partial charge is 0.421 e. The first-order valence-electron chi connectivity index (χ1n) is 6.47. The predicted molar refractivity (Wildman–Crippen MR) is 72.2 cm³/mol. The molecule has 0 fully saturated rings. The molecule has 0 aliphatic carbocycles. The van der Waals surface area contributed by atoms with Crippen molar-refractivity contribution in [2.45, 2.75) is 19.4 Å². The van der Waals surface area contributed by atoms with Gasteiger partial charge in [0.15, 0.2) is 11.2 Å². The lowest BCUT2D eigenvalue weighted by atomic mass is 10.3. The highest BCUT2D eigenvalue weighted by Crippen LogP contribution is 2.09. The summed E-state index contributed by atoms with van der Waals surface area (Å²) in [5.41, 5.74) is 1.17. The molecule has 104 valence electrons. The molecule has 19 heavy (non-hydrogen) atoms. The van der Waals surface area contributed by atoms with E-state index in [9.17, 15) is 4.79 Å². The van der Waals surface area contributed by atoms with E-state index < -0.39 is 0 Å². The van der Waals surface area contributed by atoms with Gasteiger partial charge in [0.2, 0.25) is 0 Å². The van der Waals surface area contributed by atoms with E-state index in [1.54, 1.807) is 30.0 Å². The van der Waals surface area contributed by atoms with Crippen LogP contribution in [0.15, 0.2) is 27.5 Å². The number of hydrogen-bond acceptors (Lipinski definition) is 5. The SMILES string of the molecule is COCCNCCCCn1c(=O)oc2cccnc21. The number of nitrogens with zero attached hydrogens (tertiary/aromatic N) is 2. The van der Waals surface area contributed by atoms with Crippen molar-refractivity contribution in [3.05, 3.63) is 28.9 Å². The van der Waals surface area contributed by atoms with Crippen molar-refractivity contribution in [1.82, 2.24) is 14.9 Å². The Hall–Kier alpha value is -1.66. The van der Waals surface area contributed by atoms with Gasteiger partial charge >= 0.3 is 5.76 Å². The monoisotopic (exact) mass is 265 g/mol. The fourth-order valence-electron chi connectivity index (χ4n) is 1.92. The third-order valence-corrected chi connectivity index (χ3v) is 2.89. The molecular formula is C13H19N3O3. The maximum atomic E-state index is 11.7. The van der Waals surface area contributed by atoms with Gasteiger partial charge < -0.3 is 14.5 Å². The number of nitrogens with one attached hydrogen (secondary N) is 1. The number of pyridine rings is 1. The lowest BCUT2D eigenvalue weighted by Crippen LogP contribution is -2.21. The lowest BCUT2D eigenvalue weighted by molar-refractivity contribution is 0.199. The summed E-state index contributed by atoms with van der Waals surface area (Å²) >= 11 is 0. The van der Waals surface area contributed by atoms with Gasteiger partial charge in [-0.1, -0.05) is 0 Å². The Labute approximate surface area is 111 Å². The Morgan fingerprint density at radius 2 is 2.32 bits per heavy atom. The highest BCUT2D eigenvalue weighted by Gasteiger charge is 2.08. The van der Waals surface area contributed by atoms with Crippen molar-refractivity contribution in [1.29, 1.82) is 0 Å². The zero-order chi connectivity index (χ0) is 13.5. The van der Waals surface area contributed by atoms with Crippen LogP contribution in [0, 0.1) is 0 Å². The summed E-state index contributed by atoms with van der Waals surface area (Å²) in [6, 6.07) is 3.52. The second kappa shape index (κ2) is 7.06. The number of methoxy groups -OCH3 is 1. The first-order valence-corrected chi connectivity index (χ1v) is 6.47. The van der Waals surface area contributed by atoms with Gasteiger partial charge in [-0.05, 0) is 31.5 Å². The van der Waals surface area contributed by atoms with E-state index in [2.05, 4.69) is 10.3 Å². The van der Waals surface area contributed by atoms with E-state index in [4.69, 9.17) is 9.15 Å². The number of unbranched alkanes of at least 4 members (excludes halogenated alkanes) is 1. The highest BCUT2D eigenvalue weighted by molar-refractivity contribution is 5.67. The molecular weight excluding hydrogens is 246 g/mol. The zero-order valence-corrected chi connectivity index (χ0v) is 11.1. The molecule has 2 rings (SSSR count). The molecule has 0 radical (unpaired) electrons. The minimum atomic E-state index is -0.332. The Balaban J connectivity index is 1.82. The normalized spacial score (nSPS) is 11.2. The fourth-order valence-corrected chi connectivity index (χ4v) is 1.92. The molecule has 0 spiro atoms. The van der Waals surface area contributed by atoms with Crippen LogP contribution in [0.3, 0.4) is 0 Å². The minimum absolute atomic E-state index is 0.332. The average Bonchev–Trinajstić information content (AvgIpc) is 2.74. The summed E-state index contributed by atoms with van der Waals surface area (Å²) in [6.45, 7) is 3.12. The first-order chi connectivity index (χ1) is 9.33. The van der Waals surface area contributed by atoms with E-state index in [1.165, 1.54) is 0 Å². The smallest absolute Gasteiger partial charge is 0.406 e. The molecule has 0 unspecified atom stereocenters. The molecule has 2 aromatic heterocycles. The van der Waals surface area contributed by atoms with Gasteiger partial charge in [-0.15, -0.1) is 0 Å². The van der Waals surface area contributed by atoms with Crippen molar-refractivity contribution in [3.63, 3.8) is 0 Å². The molecule has 6 nitrogen and oxygen atoms in total. The van der Waals surface area contributed by atoms with E-state index >= 15 is 0 Å². The minimum Gasteiger partial charge on any atom is -0.406 e. The molecule has 2 heterocycles. The number of oxazole rings is 1. The first kappa shape index (κ1) is 13.8. The molecule has 0 atom stereocenters. The van der Waals surface area contributed by atoms with Gasteiger partial charge in [-0.3, -0.25) is 4.57 Å². The molecule has 0 aliphatic heterocycles. The van der Waals surface area contributed by atoms with Crippen LogP contribution in [0.4, 0.5) is 0 Å². The second-order valence-corrected chi connectivity index (χ2v) is 4.29. The number of hydrogen-bond donors (Lipinski definition) is 1. The van der Waals surface area contributed by atoms with Crippen molar-refractivity contribution in [3.8, 4) is 0 Å². The molecule has 0 saturated heterocycles. The quantitative estimate of drug-likeness (QED) is 0.721. The van der Waals surface area contributed by atoms with Crippen LogP contribution in [-0.2, 0) is 11.3 Å². The summed E-state index contributed by atoms with van der Waals surface area (Å²) < 4.78 is 11.7. The average molecular weight is 265 g/mol. The van der Waals surface area contributed by atoms with E-state index in [0.29, 0.717) is 17.8 Å². The Bertz CT molecular complexity index is 562. The molecule has 1 N–H and O–H groups in total. The van der Waals surface area contributed by atoms with Crippen LogP contribution in [0.1, 0.15) is 12.8 Å². The van der Waals surface area contributed by atoms with Crippen molar-refractivity contribution in [2.75, 3.05) is 26.8 Å².